The van der Waals surface area contributed by atoms with Crippen molar-refractivity contribution in [3.05, 3.63) is 42.5 Å². The fourth-order valence-corrected chi connectivity index (χ4v) is 3.14. The summed E-state index contributed by atoms with van der Waals surface area (Å²) in [6.07, 6.45) is 0. The molecule has 0 aliphatic heterocycles. The first-order valence-electron chi connectivity index (χ1n) is 5.73. The van der Waals surface area contributed by atoms with Gasteiger partial charge in [-0.05, 0) is 23.3 Å². The van der Waals surface area contributed by atoms with Crippen LogP contribution in [0.4, 0.5) is 0 Å². The fourth-order valence-electron chi connectivity index (χ4n) is 1.92. The van der Waals surface area contributed by atoms with Gasteiger partial charge in [0.25, 0.3) is 9.05 Å². The molecule has 0 bridgehead atoms. The van der Waals surface area contributed by atoms with Crippen LogP contribution in [0.15, 0.2) is 47.4 Å². The molecular weight excluding hydrogens is 300 g/mol. The summed E-state index contributed by atoms with van der Waals surface area (Å²) in [7, 11) is 4.24. The van der Waals surface area contributed by atoms with E-state index in [0.29, 0.717) is 0 Å². The Morgan fingerprint density at radius 2 is 1.40 bits per heavy atom. The second-order valence-corrected chi connectivity index (χ2v) is 6.52. The van der Waals surface area contributed by atoms with Crippen molar-refractivity contribution in [2.75, 3.05) is 14.2 Å². The molecule has 20 heavy (non-hydrogen) atoms. The lowest BCUT2D eigenvalue weighted by Crippen LogP contribution is -2.01. The van der Waals surface area contributed by atoms with Gasteiger partial charge in [0.05, 0.1) is 14.2 Å². The van der Waals surface area contributed by atoms with E-state index in [2.05, 4.69) is 0 Å². The summed E-state index contributed by atoms with van der Waals surface area (Å²) in [5, 5.41) is 0. The maximum atomic E-state index is 11.6. The monoisotopic (exact) mass is 312 g/mol. The molecule has 0 saturated carbocycles. The van der Waals surface area contributed by atoms with Crippen molar-refractivity contribution in [3.8, 4) is 22.6 Å². The molecule has 0 unspecified atom stereocenters. The number of halogens is 1. The third-order valence-corrected chi connectivity index (χ3v) is 4.16. The molecule has 2 aromatic rings. The van der Waals surface area contributed by atoms with E-state index in [9.17, 15) is 8.42 Å². The van der Waals surface area contributed by atoms with Crippen molar-refractivity contribution >= 4 is 19.7 Å². The van der Waals surface area contributed by atoms with Gasteiger partial charge in [0, 0.05) is 10.7 Å². The molecule has 106 valence electrons. The van der Waals surface area contributed by atoms with Crippen LogP contribution >= 0.6 is 10.7 Å². The maximum Gasteiger partial charge on any atom is 0.268 e. The van der Waals surface area contributed by atoms with Gasteiger partial charge in [-0.2, -0.15) is 0 Å². The van der Waals surface area contributed by atoms with Crippen molar-refractivity contribution in [2.24, 2.45) is 0 Å². The van der Waals surface area contributed by atoms with E-state index in [1.807, 2.05) is 30.3 Å². The third kappa shape index (κ3) is 2.89. The lowest BCUT2D eigenvalue weighted by atomic mass is 10.1. The third-order valence-electron chi connectivity index (χ3n) is 2.81. The van der Waals surface area contributed by atoms with Crippen LogP contribution in [0.2, 0.25) is 0 Å². The average molecular weight is 313 g/mol. The molecule has 0 aliphatic rings. The SMILES string of the molecule is COc1cc(-c2ccccc2)cc(OC)c1S(=O)(=O)Cl. The first kappa shape index (κ1) is 14.7. The molecular formula is C14H13ClO4S. The van der Waals surface area contributed by atoms with Crippen LogP contribution in [0, 0.1) is 0 Å². The molecule has 0 spiro atoms. The minimum Gasteiger partial charge on any atom is -0.495 e. The highest BCUT2D eigenvalue weighted by atomic mass is 35.7. The number of benzene rings is 2. The number of methoxy groups -OCH3 is 2. The van der Waals surface area contributed by atoms with E-state index in [-0.39, 0.29) is 16.4 Å². The van der Waals surface area contributed by atoms with Crippen LogP contribution in [0.1, 0.15) is 0 Å². The molecule has 2 rings (SSSR count). The molecule has 0 aromatic heterocycles. The second kappa shape index (κ2) is 5.73. The van der Waals surface area contributed by atoms with Gasteiger partial charge in [0.2, 0.25) is 0 Å². The second-order valence-electron chi connectivity index (χ2n) is 4.01. The van der Waals surface area contributed by atoms with Crippen LogP contribution in [0.25, 0.3) is 11.1 Å². The van der Waals surface area contributed by atoms with Crippen molar-refractivity contribution in [3.63, 3.8) is 0 Å². The first-order valence-corrected chi connectivity index (χ1v) is 8.04. The van der Waals surface area contributed by atoms with Gasteiger partial charge in [-0.1, -0.05) is 30.3 Å². The van der Waals surface area contributed by atoms with Crippen molar-refractivity contribution in [1.82, 2.24) is 0 Å². The van der Waals surface area contributed by atoms with Gasteiger partial charge in [-0.3, -0.25) is 0 Å². The van der Waals surface area contributed by atoms with Gasteiger partial charge >= 0.3 is 0 Å². The highest BCUT2D eigenvalue weighted by Crippen LogP contribution is 2.39. The van der Waals surface area contributed by atoms with E-state index in [1.165, 1.54) is 14.2 Å². The van der Waals surface area contributed by atoms with Crippen molar-refractivity contribution in [1.29, 1.82) is 0 Å². The van der Waals surface area contributed by atoms with Gasteiger partial charge in [-0.25, -0.2) is 8.42 Å². The van der Waals surface area contributed by atoms with Crippen LogP contribution in [-0.2, 0) is 9.05 Å². The Bertz CT molecular complexity index is 686. The van der Waals surface area contributed by atoms with E-state index in [0.717, 1.165) is 11.1 Å². The Kier molecular flexibility index (Phi) is 4.20. The van der Waals surface area contributed by atoms with Gasteiger partial charge < -0.3 is 9.47 Å². The van der Waals surface area contributed by atoms with E-state index < -0.39 is 9.05 Å². The van der Waals surface area contributed by atoms with Crippen LogP contribution < -0.4 is 9.47 Å². The molecule has 0 radical (unpaired) electrons. The summed E-state index contributed by atoms with van der Waals surface area (Å²) in [4.78, 5) is -0.163. The van der Waals surface area contributed by atoms with E-state index in [4.69, 9.17) is 20.2 Å². The molecule has 0 heterocycles. The fraction of sp³-hybridized carbons (Fsp3) is 0.143. The summed E-state index contributed by atoms with van der Waals surface area (Å²) in [5.74, 6) is 0.302. The van der Waals surface area contributed by atoms with Crippen LogP contribution in [0.5, 0.6) is 11.5 Å². The quantitative estimate of drug-likeness (QED) is 0.813. The summed E-state index contributed by atoms with van der Waals surface area (Å²) in [6.45, 7) is 0. The van der Waals surface area contributed by atoms with E-state index in [1.54, 1.807) is 12.1 Å². The molecule has 0 saturated heterocycles. The standard InChI is InChI=1S/C14H13ClO4S/c1-18-12-8-11(10-6-4-3-5-7-10)9-13(19-2)14(12)20(15,16)17/h3-9H,1-2H3. The summed E-state index contributed by atoms with van der Waals surface area (Å²) < 4.78 is 33.6. The van der Waals surface area contributed by atoms with Gasteiger partial charge in [0.15, 0.2) is 4.90 Å². The molecule has 0 atom stereocenters. The Labute approximate surface area is 122 Å². The average Bonchev–Trinajstić information content (AvgIpc) is 2.45. The number of rotatable bonds is 4. The number of hydrogen-bond donors (Lipinski definition) is 0. The maximum absolute atomic E-state index is 11.6. The molecule has 4 nitrogen and oxygen atoms in total. The molecule has 0 amide bonds. The van der Waals surface area contributed by atoms with Gasteiger partial charge in [-0.15, -0.1) is 0 Å². The Balaban J connectivity index is 2.72. The summed E-state index contributed by atoms with van der Waals surface area (Å²) >= 11 is 0. The minimum absolute atomic E-state index is 0.151. The Morgan fingerprint density at radius 1 is 0.900 bits per heavy atom. The van der Waals surface area contributed by atoms with Gasteiger partial charge in [0.1, 0.15) is 11.5 Å². The first-order chi connectivity index (χ1) is 9.47. The van der Waals surface area contributed by atoms with E-state index >= 15 is 0 Å². The predicted octanol–water partition coefficient (Wildman–Crippen LogP) is 3.30. The van der Waals surface area contributed by atoms with Crippen molar-refractivity contribution in [2.45, 2.75) is 4.90 Å². The lowest BCUT2D eigenvalue weighted by molar-refractivity contribution is 0.374. The Morgan fingerprint density at radius 3 is 1.80 bits per heavy atom. The molecule has 2 aromatic carbocycles. The molecule has 0 fully saturated rings. The topological polar surface area (TPSA) is 52.6 Å². The largest absolute Gasteiger partial charge is 0.495 e. The smallest absolute Gasteiger partial charge is 0.268 e. The summed E-state index contributed by atoms with van der Waals surface area (Å²) in [5.41, 5.74) is 1.70. The predicted molar refractivity (Wildman–Crippen MR) is 78.0 cm³/mol. The highest BCUT2D eigenvalue weighted by molar-refractivity contribution is 8.13. The zero-order chi connectivity index (χ0) is 14.8. The van der Waals surface area contributed by atoms with Crippen LogP contribution in [0.3, 0.4) is 0 Å². The molecule has 6 heteroatoms. The number of hydrogen-bond acceptors (Lipinski definition) is 4. The lowest BCUT2D eigenvalue weighted by Gasteiger charge is -2.13. The Hall–Kier alpha value is -1.72. The minimum atomic E-state index is -3.97. The molecule has 0 N–H and O–H groups in total. The highest BCUT2D eigenvalue weighted by Gasteiger charge is 2.24. The van der Waals surface area contributed by atoms with Crippen LogP contribution in [-0.4, -0.2) is 22.6 Å². The number of ether oxygens (including phenoxy) is 2. The van der Waals surface area contributed by atoms with Crippen molar-refractivity contribution < 1.29 is 17.9 Å². The summed E-state index contributed by atoms with van der Waals surface area (Å²) in [6, 6.07) is 12.7. The zero-order valence-electron chi connectivity index (χ0n) is 11.0. The normalized spacial score (nSPS) is 11.2. The zero-order valence-corrected chi connectivity index (χ0v) is 12.5. The molecule has 0 aliphatic carbocycles.